The van der Waals surface area contributed by atoms with Gasteiger partial charge in [-0.3, -0.25) is 0 Å². The van der Waals surface area contributed by atoms with E-state index in [2.05, 4.69) is 234 Å². The van der Waals surface area contributed by atoms with E-state index in [1.165, 1.54) is 115 Å². The first kappa shape index (κ1) is 36.1. The average Bonchev–Trinajstić information content (AvgIpc) is 4.07. The van der Waals surface area contributed by atoms with Gasteiger partial charge in [-0.15, -0.1) is 11.8 Å². The van der Waals surface area contributed by atoms with Crippen LogP contribution in [0.1, 0.15) is 22.8 Å². The second-order valence-corrected chi connectivity index (χ2v) is 18.0. The van der Waals surface area contributed by atoms with E-state index in [0.29, 0.717) is 5.25 Å². The molecule has 0 radical (unpaired) electrons. The molecule has 3 heteroatoms. The molecule has 2 nitrogen and oxygen atoms in total. The van der Waals surface area contributed by atoms with E-state index in [9.17, 15) is 0 Å². The maximum Gasteiger partial charge on any atom is 0.0547 e. The number of thioether (sulfide) groups is 1. The molecule has 0 bridgehead atoms. The predicted octanol–water partition coefficient (Wildman–Crippen LogP) is 16.7. The number of allylic oxidation sites excluding steroid dienone is 1. The number of hydrogen-bond acceptors (Lipinski definition) is 1. The summed E-state index contributed by atoms with van der Waals surface area (Å²) in [6, 6.07) is 80.5. The third-order valence-corrected chi connectivity index (χ3v) is 14.6. The highest BCUT2D eigenvalue weighted by Gasteiger charge is 2.23. The van der Waals surface area contributed by atoms with Gasteiger partial charge < -0.3 is 9.13 Å². The summed E-state index contributed by atoms with van der Waals surface area (Å²) in [5.74, 6) is 0. The van der Waals surface area contributed by atoms with E-state index in [0.717, 1.165) is 6.42 Å². The van der Waals surface area contributed by atoms with Crippen molar-refractivity contribution >= 4 is 81.8 Å². The van der Waals surface area contributed by atoms with Gasteiger partial charge in [0.05, 0.1) is 22.1 Å². The van der Waals surface area contributed by atoms with E-state index in [1.54, 1.807) is 0 Å². The SMILES string of the molecule is C1=C(c2ccc3cc(-c4cccc5c4c4ccccc4n5-c4ccccc4)ccc3c2)SC(c2ccc3cc(-c4cccc5c4c4ccccc4n5-c4ccccc4)ccc3c2)C1. The molecular formula is C60H40N2S. The summed E-state index contributed by atoms with van der Waals surface area (Å²) in [5.41, 5.74) is 14.9. The van der Waals surface area contributed by atoms with E-state index in [-0.39, 0.29) is 0 Å². The predicted molar refractivity (Wildman–Crippen MR) is 270 cm³/mol. The molecule has 10 aromatic carbocycles. The molecule has 0 aliphatic carbocycles. The van der Waals surface area contributed by atoms with Gasteiger partial charge in [0.15, 0.2) is 0 Å². The summed E-state index contributed by atoms with van der Waals surface area (Å²) in [6.45, 7) is 0. The molecule has 1 unspecified atom stereocenters. The van der Waals surface area contributed by atoms with Crippen molar-refractivity contribution in [2.75, 3.05) is 0 Å². The lowest BCUT2D eigenvalue weighted by atomic mass is 9.96. The van der Waals surface area contributed by atoms with Crippen LogP contribution >= 0.6 is 11.8 Å². The normalized spacial score (nSPS) is 14.2. The van der Waals surface area contributed by atoms with Gasteiger partial charge in [-0.25, -0.2) is 0 Å². The van der Waals surface area contributed by atoms with Crippen molar-refractivity contribution in [1.82, 2.24) is 9.13 Å². The van der Waals surface area contributed by atoms with E-state index in [4.69, 9.17) is 0 Å². The van der Waals surface area contributed by atoms with Gasteiger partial charge in [0.1, 0.15) is 0 Å². The molecule has 1 atom stereocenters. The van der Waals surface area contributed by atoms with E-state index >= 15 is 0 Å². The van der Waals surface area contributed by atoms with Crippen LogP contribution in [0, 0.1) is 0 Å². The fraction of sp³-hybridized carbons (Fsp3) is 0.0333. The highest BCUT2D eigenvalue weighted by molar-refractivity contribution is 8.08. The Bertz CT molecular complexity index is 3800. The van der Waals surface area contributed by atoms with Gasteiger partial charge in [-0.1, -0.05) is 158 Å². The standard InChI is InChI=1S/C60H40N2S/c1-3-13-47(14-4-1)61-53-21-9-7-17-51(53)59-49(19-11-23-55(59)61)43-29-25-41-37-45(31-27-39(41)35-43)57-33-34-58(63-57)46-32-28-40-36-44(30-26-42(40)38-46)50-20-12-24-56-60(50)52-18-8-10-22-54(52)62(56)48-15-5-2-6-16-48/h1-33,35-38,58H,34H2. The molecule has 63 heavy (non-hydrogen) atoms. The van der Waals surface area contributed by atoms with Crippen molar-refractivity contribution < 1.29 is 0 Å². The highest BCUT2D eigenvalue weighted by Crippen LogP contribution is 2.49. The number of benzene rings is 10. The van der Waals surface area contributed by atoms with Crippen LogP contribution in [0.15, 0.2) is 224 Å². The van der Waals surface area contributed by atoms with Gasteiger partial charge in [0.2, 0.25) is 0 Å². The molecule has 2 aromatic heterocycles. The lowest BCUT2D eigenvalue weighted by Gasteiger charge is -2.13. The summed E-state index contributed by atoms with van der Waals surface area (Å²) in [7, 11) is 0. The van der Waals surface area contributed by atoms with Gasteiger partial charge in [-0.2, -0.15) is 0 Å². The van der Waals surface area contributed by atoms with Crippen molar-refractivity contribution in [2.45, 2.75) is 11.7 Å². The minimum atomic E-state index is 0.388. The van der Waals surface area contributed by atoms with Gasteiger partial charge >= 0.3 is 0 Å². The number of hydrogen-bond donors (Lipinski definition) is 0. The first-order valence-electron chi connectivity index (χ1n) is 21.8. The molecule has 0 amide bonds. The minimum absolute atomic E-state index is 0.388. The first-order valence-corrected chi connectivity index (χ1v) is 22.7. The van der Waals surface area contributed by atoms with Crippen molar-refractivity contribution in [3.05, 3.63) is 236 Å². The molecule has 0 N–H and O–H groups in total. The van der Waals surface area contributed by atoms with Crippen LogP contribution in [0.3, 0.4) is 0 Å². The Morgan fingerprint density at radius 2 is 0.810 bits per heavy atom. The Morgan fingerprint density at radius 1 is 0.365 bits per heavy atom. The molecule has 3 heterocycles. The molecule has 1 aliphatic heterocycles. The number of rotatable bonds is 6. The molecule has 0 saturated carbocycles. The summed E-state index contributed by atoms with van der Waals surface area (Å²) in [6.07, 6.45) is 3.46. The second-order valence-electron chi connectivity index (χ2n) is 16.8. The maximum absolute atomic E-state index is 2.44. The van der Waals surface area contributed by atoms with Crippen molar-refractivity contribution in [2.24, 2.45) is 0 Å². The average molecular weight is 821 g/mol. The van der Waals surface area contributed by atoms with Crippen molar-refractivity contribution in [3.8, 4) is 33.6 Å². The zero-order valence-corrected chi connectivity index (χ0v) is 35.3. The molecule has 12 aromatic rings. The quantitative estimate of drug-likeness (QED) is 0.162. The monoisotopic (exact) mass is 820 g/mol. The topological polar surface area (TPSA) is 9.86 Å². The first-order chi connectivity index (χ1) is 31.2. The third-order valence-electron chi connectivity index (χ3n) is 13.2. The largest absolute Gasteiger partial charge is 0.309 e. The van der Waals surface area contributed by atoms with Crippen molar-refractivity contribution in [1.29, 1.82) is 0 Å². The second kappa shape index (κ2) is 14.5. The van der Waals surface area contributed by atoms with Crippen LogP contribution in [0.5, 0.6) is 0 Å². The Hall–Kier alpha value is -7.59. The van der Waals surface area contributed by atoms with Crippen LogP contribution < -0.4 is 0 Å². The maximum atomic E-state index is 2.44. The smallest absolute Gasteiger partial charge is 0.0547 e. The Labute approximate surface area is 370 Å². The summed E-state index contributed by atoms with van der Waals surface area (Å²) in [5, 5.41) is 10.6. The zero-order valence-electron chi connectivity index (χ0n) is 34.4. The molecule has 1 aliphatic rings. The summed E-state index contributed by atoms with van der Waals surface area (Å²) >= 11 is 2.00. The number of nitrogens with zero attached hydrogens (tertiary/aromatic N) is 2. The van der Waals surface area contributed by atoms with Crippen LogP contribution in [-0.2, 0) is 0 Å². The molecular weight excluding hydrogens is 781 g/mol. The lowest BCUT2D eigenvalue weighted by molar-refractivity contribution is 0.993. The van der Waals surface area contributed by atoms with Crippen LogP contribution in [0.4, 0.5) is 0 Å². The Kier molecular flexibility index (Phi) is 8.32. The number of para-hydroxylation sites is 4. The summed E-state index contributed by atoms with van der Waals surface area (Å²) in [4.78, 5) is 1.36. The third kappa shape index (κ3) is 5.88. The summed E-state index contributed by atoms with van der Waals surface area (Å²) < 4.78 is 4.79. The van der Waals surface area contributed by atoms with Crippen LogP contribution in [0.2, 0.25) is 0 Å². The molecule has 0 spiro atoms. The van der Waals surface area contributed by atoms with Gasteiger partial charge in [0, 0.05) is 43.1 Å². The number of fused-ring (bicyclic) bond motifs is 8. The fourth-order valence-electron chi connectivity index (χ4n) is 10.3. The Morgan fingerprint density at radius 3 is 1.37 bits per heavy atom. The molecule has 0 fully saturated rings. The van der Waals surface area contributed by atoms with E-state index < -0.39 is 0 Å². The molecule has 0 saturated heterocycles. The highest BCUT2D eigenvalue weighted by atomic mass is 32.2. The molecule has 296 valence electrons. The minimum Gasteiger partial charge on any atom is -0.309 e. The lowest BCUT2D eigenvalue weighted by Crippen LogP contribution is -1.93. The number of aromatic nitrogens is 2. The molecule has 13 rings (SSSR count). The Balaban J connectivity index is 0.783. The fourth-order valence-corrected chi connectivity index (χ4v) is 11.5. The van der Waals surface area contributed by atoms with E-state index in [1.807, 2.05) is 11.8 Å². The van der Waals surface area contributed by atoms with Crippen LogP contribution in [-0.4, -0.2) is 9.13 Å². The van der Waals surface area contributed by atoms with Gasteiger partial charge in [-0.05, 0) is 128 Å². The van der Waals surface area contributed by atoms with Crippen molar-refractivity contribution in [3.63, 3.8) is 0 Å². The van der Waals surface area contributed by atoms with Gasteiger partial charge in [0.25, 0.3) is 0 Å². The van der Waals surface area contributed by atoms with Crippen LogP contribution in [0.25, 0.3) is 104 Å². The zero-order chi connectivity index (χ0) is 41.4.